The Morgan fingerprint density at radius 3 is 2.32 bits per heavy atom. The van der Waals surface area contributed by atoms with E-state index in [9.17, 15) is 0 Å². The molecule has 0 aliphatic carbocycles. The first-order valence-electron chi connectivity index (χ1n) is 6.87. The van der Waals surface area contributed by atoms with Gasteiger partial charge in [-0.25, -0.2) is 9.97 Å². The standard InChI is InChI=1S/C16H19N3/c1-11-15(14-8-9-17-10-14)12(2)19-16(18-11)13-6-4-3-5-7-13/h3-7,14,17H,8-10H2,1-2H3. The van der Waals surface area contributed by atoms with E-state index in [0.717, 1.165) is 35.9 Å². The molecule has 3 heteroatoms. The van der Waals surface area contributed by atoms with Gasteiger partial charge in [0, 0.05) is 29.4 Å². The predicted octanol–water partition coefficient (Wildman–Crippen LogP) is 2.84. The first-order chi connectivity index (χ1) is 9.25. The number of aromatic nitrogens is 2. The van der Waals surface area contributed by atoms with Crippen molar-refractivity contribution >= 4 is 0 Å². The molecule has 0 amide bonds. The highest BCUT2D eigenvalue weighted by atomic mass is 14.9. The van der Waals surface area contributed by atoms with Gasteiger partial charge in [-0.3, -0.25) is 0 Å². The molecule has 2 heterocycles. The molecule has 1 N–H and O–H groups in total. The van der Waals surface area contributed by atoms with Gasteiger partial charge in [0.15, 0.2) is 5.82 Å². The summed E-state index contributed by atoms with van der Waals surface area (Å²) >= 11 is 0. The first-order valence-corrected chi connectivity index (χ1v) is 6.87. The highest BCUT2D eigenvalue weighted by Crippen LogP contribution is 2.28. The van der Waals surface area contributed by atoms with Gasteiger partial charge in [0.25, 0.3) is 0 Å². The van der Waals surface area contributed by atoms with Gasteiger partial charge in [-0.05, 0) is 32.4 Å². The van der Waals surface area contributed by atoms with Crippen molar-refractivity contribution in [3.63, 3.8) is 0 Å². The third-order valence-electron chi connectivity index (χ3n) is 3.83. The van der Waals surface area contributed by atoms with Gasteiger partial charge in [-0.1, -0.05) is 30.3 Å². The third kappa shape index (κ3) is 2.38. The molecule has 1 aromatic carbocycles. The van der Waals surface area contributed by atoms with Crippen molar-refractivity contribution in [2.24, 2.45) is 0 Å². The molecule has 3 nitrogen and oxygen atoms in total. The van der Waals surface area contributed by atoms with Gasteiger partial charge in [-0.2, -0.15) is 0 Å². The lowest BCUT2D eigenvalue weighted by atomic mass is 9.95. The fraction of sp³-hybridized carbons (Fsp3) is 0.375. The average molecular weight is 253 g/mol. The number of nitrogens with one attached hydrogen (secondary N) is 1. The number of aryl methyl sites for hydroxylation is 2. The topological polar surface area (TPSA) is 37.8 Å². The van der Waals surface area contributed by atoms with Crippen LogP contribution >= 0.6 is 0 Å². The third-order valence-corrected chi connectivity index (χ3v) is 3.83. The van der Waals surface area contributed by atoms with Crippen molar-refractivity contribution in [1.29, 1.82) is 0 Å². The van der Waals surface area contributed by atoms with E-state index in [1.165, 1.54) is 12.0 Å². The Morgan fingerprint density at radius 1 is 1.05 bits per heavy atom. The molecular formula is C16H19N3. The highest BCUT2D eigenvalue weighted by molar-refractivity contribution is 5.55. The second-order valence-electron chi connectivity index (χ2n) is 5.19. The average Bonchev–Trinajstić information content (AvgIpc) is 2.93. The lowest BCUT2D eigenvalue weighted by Gasteiger charge is -2.15. The van der Waals surface area contributed by atoms with E-state index in [1.807, 2.05) is 18.2 Å². The van der Waals surface area contributed by atoms with Crippen molar-refractivity contribution in [3.8, 4) is 11.4 Å². The van der Waals surface area contributed by atoms with Crippen molar-refractivity contribution in [3.05, 3.63) is 47.3 Å². The Kier molecular flexibility index (Phi) is 3.30. The Morgan fingerprint density at radius 2 is 1.74 bits per heavy atom. The fourth-order valence-corrected chi connectivity index (χ4v) is 2.93. The minimum atomic E-state index is 0.574. The Hall–Kier alpha value is -1.74. The summed E-state index contributed by atoms with van der Waals surface area (Å²) in [6.07, 6.45) is 1.19. The number of benzene rings is 1. The summed E-state index contributed by atoms with van der Waals surface area (Å²) in [6.45, 7) is 6.36. The van der Waals surface area contributed by atoms with E-state index in [1.54, 1.807) is 0 Å². The summed E-state index contributed by atoms with van der Waals surface area (Å²) in [7, 11) is 0. The van der Waals surface area contributed by atoms with Crippen LogP contribution in [0.3, 0.4) is 0 Å². The molecule has 1 saturated heterocycles. The molecule has 1 aliphatic heterocycles. The fourth-order valence-electron chi connectivity index (χ4n) is 2.93. The Balaban J connectivity index is 2.02. The number of hydrogen-bond donors (Lipinski definition) is 1. The summed E-state index contributed by atoms with van der Waals surface area (Å²) in [5, 5.41) is 3.42. The van der Waals surface area contributed by atoms with E-state index < -0.39 is 0 Å². The number of rotatable bonds is 2. The SMILES string of the molecule is Cc1nc(-c2ccccc2)nc(C)c1C1CCNC1. The zero-order valence-corrected chi connectivity index (χ0v) is 11.5. The van der Waals surface area contributed by atoms with Crippen LogP contribution in [0.15, 0.2) is 30.3 Å². The summed E-state index contributed by atoms with van der Waals surface area (Å²) in [5.41, 5.74) is 4.68. The van der Waals surface area contributed by atoms with E-state index >= 15 is 0 Å². The molecule has 1 aliphatic rings. The van der Waals surface area contributed by atoms with Crippen LogP contribution in [0.25, 0.3) is 11.4 Å². The van der Waals surface area contributed by atoms with Crippen molar-refractivity contribution in [2.45, 2.75) is 26.2 Å². The summed E-state index contributed by atoms with van der Waals surface area (Å²) in [6, 6.07) is 10.2. The molecule has 0 bridgehead atoms. The predicted molar refractivity (Wildman–Crippen MR) is 77.2 cm³/mol. The van der Waals surface area contributed by atoms with Crippen LogP contribution in [0.4, 0.5) is 0 Å². The van der Waals surface area contributed by atoms with Gasteiger partial charge in [0.2, 0.25) is 0 Å². The number of hydrogen-bond acceptors (Lipinski definition) is 3. The van der Waals surface area contributed by atoms with Gasteiger partial charge in [-0.15, -0.1) is 0 Å². The highest BCUT2D eigenvalue weighted by Gasteiger charge is 2.22. The Labute approximate surface area is 114 Å². The molecule has 2 aromatic rings. The Bertz CT molecular complexity index is 549. The van der Waals surface area contributed by atoms with Crippen molar-refractivity contribution in [1.82, 2.24) is 15.3 Å². The minimum absolute atomic E-state index is 0.574. The van der Waals surface area contributed by atoms with Crippen LogP contribution in [0, 0.1) is 13.8 Å². The minimum Gasteiger partial charge on any atom is -0.316 e. The van der Waals surface area contributed by atoms with Crippen LogP contribution in [-0.4, -0.2) is 23.1 Å². The molecule has 1 fully saturated rings. The van der Waals surface area contributed by atoms with Crippen LogP contribution in [-0.2, 0) is 0 Å². The monoisotopic (exact) mass is 253 g/mol. The van der Waals surface area contributed by atoms with Crippen LogP contribution < -0.4 is 5.32 Å². The van der Waals surface area contributed by atoms with Crippen molar-refractivity contribution in [2.75, 3.05) is 13.1 Å². The molecule has 0 spiro atoms. The smallest absolute Gasteiger partial charge is 0.159 e. The molecule has 98 valence electrons. The molecular weight excluding hydrogens is 234 g/mol. The molecule has 1 atom stereocenters. The van der Waals surface area contributed by atoms with E-state index in [-0.39, 0.29) is 0 Å². The lowest BCUT2D eigenvalue weighted by molar-refractivity contribution is 0.734. The largest absolute Gasteiger partial charge is 0.316 e. The van der Waals surface area contributed by atoms with Crippen molar-refractivity contribution < 1.29 is 0 Å². The maximum absolute atomic E-state index is 4.71. The quantitative estimate of drug-likeness (QED) is 0.894. The molecule has 0 saturated carbocycles. The molecule has 19 heavy (non-hydrogen) atoms. The first kappa shape index (κ1) is 12.3. The summed E-state index contributed by atoms with van der Waals surface area (Å²) in [4.78, 5) is 9.42. The van der Waals surface area contributed by atoms with Gasteiger partial charge in [0.1, 0.15) is 0 Å². The van der Waals surface area contributed by atoms with Crippen LogP contribution in [0.5, 0.6) is 0 Å². The second kappa shape index (κ2) is 5.10. The van der Waals surface area contributed by atoms with Crippen LogP contribution in [0.1, 0.15) is 29.3 Å². The maximum Gasteiger partial charge on any atom is 0.159 e. The molecule has 1 unspecified atom stereocenters. The van der Waals surface area contributed by atoms with Gasteiger partial charge >= 0.3 is 0 Å². The lowest BCUT2D eigenvalue weighted by Crippen LogP contribution is -2.12. The van der Waals surface area contributed by atoms with Gasteiger partial charge < -0.3 is 5.32 Å². The zero-order chi connectivity index (χ0) is 13.2. The summed E-state index contributed by atoms with van der Waals surface area (Å²) in [5.74, 6) is 1.41. The summed E-state index contributed by atoms with van der Waals surface area (Å²) < 4.78 is 0. The maximum atomic E-state index is 4.71. The molecule has 0 radical (unpaired) electrons. The van der Waals surface area contributed by atoms with E-state index in [2.05, 4.69) is 31.3 Å². The number of nitrogens with zero attached hydrogens (tertiary/aromatic N) is 2. The molecule has 3 rings (SSSR count). The van der Waals surface area contributed by atoms with E-state index in [4.69, 9.17) is 9.97 Å². The van der Waals surface area contributed by atoms with Crippen LogP contribution in [0.2, 0.25) is 0 Å². The van der Waals surface area contributed by atoms with Gasteiger partial charge in [0.05, 0.1) is 0 Å². The normalized spacial score (nSPS) is 18.7. The zero-order valence-electron chi connectivity index (χ0n) is 11.5. The molecule has 1 aromatic heterocycles. The van der Waals surface area contributed by atoms with E-state index in [0.29, 0.717) is 5.92 Å². The second-order valence-corrected chi connectivity index (χ2v) is 5.19.